The number of hydrogen-bond donors (Lipinski definition) is 1. The highest BCUT2D eigenvalue weighted by molar-refractivity contribution is 5.10. The largest absolute Gasteiger partial charge is 0.329 e. The molecule has 0 bridgehead atoms. The molecule has 1 saturated heterocycles. The molecule has 2 N–H and O–H groups in total. The maximum Gasteiger partial charge on any atom is 0.141 e. The number of aromatic nitrogens is 1. The first-order valence-electron chi connectivity index (χ1n) is 6.98. The number of pyridine rings is 1. The van der Waals surface area contributed by atoms with Gasteiger partial charge in [0.25, 0.3) is 0 Å². The van der Waals surface area contributed by atoms with Crippen molar-refractivity contribution in [2.24, 2.45) is 5.73 Å². The topological polar surface area (TPSA) is 45.4 Å². The van der Waals surface area contributed by atoms with E-state index in [4.69, 9.17) is 5.73 Å². The highest BCUT2D eigenvalue weighted by Crippen LogP contribution is 2.11. The van der Waals surface area contributed by atoms with E-state index in [1.807, 2.05) is 0 Å². The summed E-state index contributed by atoms with van der Waals surface area (Å²) in [6.45, 7) is 7.78. The third-order valence-electron chi connectivity index (χ3n) is 3.83. The first-order chi connectivity index (χ1) is 9.22. The van der Waals surface area contributed by atoms with Gasteiger partial charge in [0.15, 0.2) is 0 Å². The minimum absolute atomic E-state index is 0.259. The van der Waals surface area contributed by atoms with Crippen molar-refractivity contribution in [3.05, 3.63) is 29.8 Å². The van der Waals surface area contributed by atoms with Crippen molar-refractivity contribution < 1.29 is 4.39 Å². The van der Waals surface area contributed by atoms with Crippen molar-refractivity contribution in [2.75, 3.05) is 32.7 Å². The van der Waals surface area contributed by atoms with Gasteiger partial charge in [-0.05, 0) is 18.1 Å². The second kappa shape index (κ2) is 6.93. The van der Waals surface area contributed by atoms with Crippen LogP contribution in [-0.4, -0.2) is 53.5 Å². The van der Waals surface area contributed by atoms with Crippen LogP contribution in [0.15, 0.2) is 18.5 Å². The molecule has 0 spiro atoms. The summed E-state index contributed by atoms with van der Waals surface area (Å²) in [7, 11) is 0. The molecular formula is C14H23FN4. The Morgan fingerprint density at radius 3 is 2.63 bits per heavy atom. The fourth-order valence-electron chi connectivity index (χ4n) is 2.66. The summed E-state index contributed by atoms with van der Waals surface area (Å²) in [5, 5.41) is 0. The van der Waals surface area contributed by atoms with Gasteiger partial charge in [0.2, 0.25) is 0 Å². The lowest BCUT2D eigenvalue weighted by molar-refractivity contribution is 0.0925. The molecule has 0 aliphatic carbocycles. The molecule has 4 nitrogen and oxygen atoms in total. The van der Waals surface area contributed by atoms with Gasteiger partial charge in [-0.2, -0.15) is 0 Å². The number of rotatable bonds is 5. The Balaban J connectivity index is 1.83. The monoisotopic (exact) mass is 266 g/mol. The Morgan fingerprint density at radius 2 is 2.05 bits per heavy atom. The van der Waals surface area contributed by atoms with E-state index in [1.165, 1.54) is 6.20 Å². The third-order valence-corrected chi connectivity index (χ3v) is 3.83. The van der Waals surface area contributed by atoms with E-state index in [0.717, 1.165) is 51.3 Å². The molecule has 1 aromatic rings. The summed E-state index contributed by atoms with van der Waals surface area (Å²) in [4.78, 5) is 8.69. The van der Waals surface area contributed by atoms with Crippen LogP contribution in [-0.2, 0) is 6.54 Å². The fraction of sp³-hybridized carbons (Fsp3) is 0.643. The molecule has 0 aromatic carbocycles. The molecule has 0 radical (unpaired) electrons. The molecule has 0 amide bonds. The molecular weight excluding hydrogens is 243 g/mol. The molecule has 1 aliphatic heterocycles. The van der Waals surface area contributed by atoms with Crippen LogP contribution in [0.1, 0.15) is 18.9 Å². The zero-order valence-corrected chi connectivity index (χ0v) is 11.6. The molecule has 2 rings (SSSR count). The highest BCUT2D eigenvalue weighted by Gasteiger charge is 2.21. The Kier molecular flexibility index (Phi) is 5.24. The van der Waals surface area contributed by atoms with Gasteiger partial charge >= 0.3 is 0 Å². The lowest BCUT2D eigenvalue weighted by Crippen LogP contribution is -2.51. The smallest absolute Gasteiger partial charge is 0.141 e. The van der Waals surface area contributed by atoms with Gasteiger partial charge in [0.1, 0.15) is 5.82 Å². The van der Waals surface area contributed by atoms with E-state index >= 15 is 0 Å². The van der Waals surface area contributed by atoms with Crippen LogP contribution in [0.3, 0.4) is 0 Å². The third kappa shape index (κ3) is 3.96. The van der Waals surface area contributed by atoms with E-state index in [-0.39, 0.29) is 5.82 Å². The van der Waals surface area contributed by atoms with Crippen molar-refractivity contribution in [2.45, 2.75) is 25.9 Å². The molecule has 2 heterocycles. The molecule has 1 fully saturated rings. The van der Waals surface area contributed by atoms with Crippen molar-refractivity contribution in [1.29, 1.82) is 0 Å². The van der Waals surface area contributed by atoms with Gasteiger partial charge in [-0.3, -0.25) is 14.8 Å². The molecule has 19 heavy (non-hydrogen) atoms. The maximum atomic E-state index is 13.1. The standard InChI is InChI=1S/C14H23FN4/c1-2-14(8-16)19-5-3-18(4-6-19)11-12-7-13(15)10-17-9-12/h7,9-10,14H,2-6,8,11,16H2,1H3. The SMILES string of the molecule is CCC(CN)N1CCN(Cc2cncc(F)c2)CC1. The van der Waals surface area contributed by atoms with E-state index in [0.29, 0.717) is 6.04 Å². The number of piperazine rings is 1. The van der Waals surface area contributed by atoms with Gasteiger partial charge in [-0.15, -0.1) is 0 Å². The van der Waals surface area contributed by atoms with E-state index < -0.39 is 0 Å². The van der Waals surface area contributed by atoms with Crippen molar-refractivity contribution in [3.63, 3.8) is 0 Å². The normalized spacial score (nSPS) is 19.5. The van der Waals surface area contributed by atoms with Crippen molar-refractivity contribution in [1.82, 2.24) is 14.8 Å². The molecule has 1 aliphatic rings. The predicted molar refractivity (Wildman–Crippen MR) is 74.2 cm³/mol. The molecule has 0 saturated carbocycles. The zero-order valence-electron chi connectivity index (χ0n) is 11.6. The average molecular weight is 266 g/mol. The van der Waals surface area contributed by atoms with Gasteiger partial charge in [0, 0.05) is 51.5 Å². The summed E-state index contributed by atoms with van der Waals surface area (Å²) in [5.74, 6) is -0.259. The first kappa shape index (κ1) is 14.4. The van der Waals surface area contributed by atoms with Gasteiger partial charge < -0.3 is 5.73 Å². The maximum absolute atomic E-state index is 13.1. The molecule has 1 atom stereocenters. The summed E-state index contributed by atoms with van der Waals surface area (Å²) >= 11 is 0. The van der Waals surface area contributed by atoms with E-state index in [1.54, 1.807) is 12.3 Å². The minimum atomic E-state index is -0.259. The number of halogens is 1. The van der Waals surface area contributed by atoms with Crippen LogP contribution in [0.5, 0.6) is 0 Å². The second-order valence-corrected chi connectivity index (χ2v) is 5.12. The number of hydrogen-bond acceptors (Lipinski definition) is 4. The number of nitrogens with two attached hydrogens (primary N) is 1. The second-order valence-electron chi connectivity index (χ2n) is 5.12. The van der Waals surface area contributed by atoms with E-state index in [2.05, 4.69) is 21.7 Å². The lowest BCUT2D eigenvalue weighted by Gasteiger charge is -2.38. The van der Waals surface area contributed by atoms with Crippen LogP contribution >= 0.6 is 0 Å². The lowest BCUT2D eigenvalue weighted by atomic mass is 10.1. The van der Waals surface area contributed by atoms with Gasteiger partial charge in [-0.25, -0.2) is 4.39 Å². The molecule has 1 unspecified atom stereocenters. The molecule has 5 heteroatoms. The Hall–Kier alpha value is -1.04. The zero-order chi connectivity index (χ0) is 13.7. The quantitative estimate of drug-likeness (QED) is 0.866. The highest BCUT2D eigenvalue weighted by atomic mass is 19.1. The van der Waals surface area contributed by atoms with Gasteiger partial charge in [-0.1, -0.05) is 6.92 Å². The average Bonchev–Trinajstić information content (AvgIpc) is 2.42. The van der Waals surface area contributed by atoms with Crippen LogP contribution in [0.25, 0.3) is 0 Å². The summed E-state index contributed by atoms with van der Waals surface area (Å²) in [6.07, 6.45) is 4.09. The fourth-order valence-corrected chi connectivity index (χ4v) is 2.66. The summed E-state index contributed by atoms with van der Waals surface area (Å²) in [6, 6.07) is 2.06. The van der Waals surface area contributed by atoms with Crippen molar-refractivity contribution in [3.8, 4) is 0 Å². The van der Waals surface area contributed by atoms with Crippen LogP contribution in [0, 0.1) is 5.82 Å². The minimum Gasteiger partial charge on any atom is -0.329 e. The Morgan fingerprint density at radius 1 is 1.32 bits per heavy atom. The van der Waals surface area contributed by atoms with Crippen LogP contribution in [0.2, 0.25) is 0 Å². The Labute approximate surface area is 114 Å². The van der Waals surface area contributed by atoms with Crippen molar-refractivity contribution >= 4 is 0 Å². The van der Waals surface area contributed by atoms with Crippen LogP contribution < -0.4 is 5.73 Å². The predicted octanol–water partition coefficient (Wildman–Crippen LogP) is 1.08. The van der Waals surface area contributed by atoms with Crippen LogP contribution in [0.4, 0.5) is 4.39 Å². The summed E-state index contributed by atoms with van der Waals surface area (Å²) in [5.41, 5.74) is 6.73. The Bertz CT molecular complexity index is 387. The van der Waals surface area contributed by atoms with Gasteiger partial charge in [0.05, 0.1) is 6.20 Å². The van der Waals surface area contributed by atoms with E-state index in [9.17, 15) is 4.39 Å². The first-order valence-corrected chi connectivity index (χ1v) is 6.98. The molecule has 106 valence electrons. The molecule has 1 aromatic heterocycles. The summed E-state index contributed by atoms with van der Waals surface area (Å²) < 4.78 is 13.1. The number of nitrogens with zero attached hydrogens (tertiary/aromatic N) is 3.